The molecule has 1 aliphatic rings. The Bertz CT molecular complexity index is 1390. The van der Waals surface area contributed by atoms with Crippen LogP contribution in [0.2, 0.25) is 0 Å². The van der Waals surface area contributed by atoms with E-state index in [0.29, 0.717) is 0 Å². The number of halogens is 1. The molecule has 0 radical (unpaired) electrons. The van der Waals surface area contributed by atoms with Crippen molar-refractivity contribution >= 4 is 5.95 Å². The third-order valence-electron chi connectivity index (χ3n) is 6.96. The minimum absolute atomic E-state index is 0.200. The Morgan fingerprint density at radius 1 is 1.08 bits per heavy atom. The summed E-state index contributed by atoms with van der Waals surface area (Å²) in [4.78, 5) is 18.4. The van der Waals surface area contributed by atoms with Crippen molar-refractivity contribution in [2.75, 3.05) is 46.6 Å². The molecule has 2 aromatic carbocycles. The second-order valence-corrected chi connectivity index (χ2v) is 9.98. The first kappa shape index (κ1) is 25.8. The van der Waals surface area contributed by atoms with E-state index >= 15 is 0 Å². The molecule has 38 heavy (non-hydrogen) atoms. The molecular formula is C29H34FN7O. The average Bonchev–Trinajstić information content (AvgIpc) is 3.47. The number of nitrogen functional groups attached to an aromatic ring is 1. The van der Waals surface area contributed by atoms with Crippen LogP contribution in [0.4, 0.5) is 10.3 Å². The number of aryl methyl sites for hydroxylation is 1. The first-order valence-electron chi connectivity index (χ1n) is 12.9. The third-order valence-corrected chi connectivity index (χ3v) is 6.96. The number of fused-ring (bicyclic) bond motifs is 1. The van der Waals surface area contributed by atoms with E-state index in [1.165, 1.54) is 17.7 Å². The van der Waals surface area contributed by atoms with Gasteiger partial charge in [-0.3, -0.25) is 4.90 Å². The van der Waals surface area contributed by atoms with Crippen LogP contribution in [-0.2, 0) is 13.0 Å². The Hall–Kier alpha value is -3.82. The fraction of sp³-hybridized carbons (Fsp3) is 0.345. The molecule has 8 nitrogen and oxygen atoms in total. The number of imidazole rings is 1. The summed E-state index contributed by atoms with van der Waals surface area (Å²) in [6.07, 6.45) is 3.51. The highest BCUT2D eigenvalue weighted by Crippen LogP contribution is 2.39. The van der Waals surface area contributed by atoms with E-state index in [0.717, 1.165) is 73.2 Å². The topological polar surface area (TPSA) is 85.3 Å². The van der Waals surface area contributed by atoms with E-state index in [1.54, 1.807) is 25.4 Å². The molecule has 0 aliphatic carbocycles. The minimum Gasteiger partial charge on any atom is -0.497 e. The molecule has 0 saturated carbocycles. The number of methoxy groups -OCH3 is 1. The summed E-state index contributed by atoms with van der Waals surface area (Å²) >= 11 is 0. The third kappa shape index (κ3) is 5.69. The zero-order valence-corrected chi connectivity index (χ0v) is 22.1. The molecule has 1 atom stereocenters. The largest absolute Gasteiger partial charge is 0.497 e. The smallest absolute Gasteiger partial charge is 0.220 e. The van der Waals surface area contributed by atoms with Gasteiger partial charge in [0.05, 0.1) is 24.2 Å². The van der Waals surface area contributed by atoms with Gasteiger partial charge < -0.3 is 19.9 Å². The first-order chi connectivity index (χ1) is 18.4. The number of hydrogen-bond donors (Lipinski definition) is 1. The van der Waals surface area contributed by atoms with Crippen LogP contribution in [0.5, 0.6) is 5.75 Å². The Labute approximate surface area is 222 Å². The summed E-state index contributed by atoms with van der Waals surface area (Å²) in [5.74, 6) is 1.81. The second-order valence-electron chi connectivity index (χ2n) is 9.98. The number of nitrogens with two attached hydrogens (primary N) is 1. The molecule has 1 aliphatic heterocycles. The highest BCUT2D eigenvalue weighted by molar-refractivity contribution is 5.78. The van der Waals surface area contributed by atoms with Crippen LogP contribution in [0.3, 0.4) is 0 Å². The minimum atomic E-state index is -0.278. The summed E-state index contributed by atoms with van der Waals surface area (Å²) in [5, 5.41) is 0. The van der Waals surface area contributed by atoms with Crippen LogP contribution in [0, 0.1) is 5.82 Å². The van der Waals surface area contributed by atoms with Gasteiger partial charge in [-0.15, -0.1) is 0 Å². The molecule has 0 amide bonds. The zero-order valence-electron chi connectivity index (χ0n) is 22.1. The van der Waals surface area contributed by atoms with Gasteiger partial charge in [-0.1, -0.05) is 12.1 Å². The molecule has 2 N–H and O–H groups in total. The fourth-order valence-corrected chi connectivity index (χ4v) is 5.11. The van der Waals surface area contributed by atoms with Gasteiger partial charge in [0.15, 0.2) is 0 Å². The van der Waals surface area contributed by atoms with E-state index in [9.17, 15) is 4.39 Å². The SMILES string of the molecule is COc1cccc(CN(CCN(C)C)C[C@@H]2CCc3nc(-c4ccc(F)cc4)c(-c4ccnc(N)n4)n32)c1. The highest BCUT2D eigenvalue weighted by Gasteiger charge is 2.32. The maximum atomic E-state index is 13.7. The standard InChI is InChI=1S/C29H34FN7O/c1-35(2)15-16-36(18-20-5-4-6-24(17-20)38-3)19-23-11-12-26-34-27(21-7-9-22(30)10-8-21)28(37(23)26)25-13-14-32-29(31)33-25/h4-10,13-14,17,23H,11-12,15-16,18-19H2,1-3H3,(H2,31,32,33)/t23-/m0/s1. The highest BCUT2D eigenvalue weighted by atomic mass is 19.1. The van der Waals surface area contributed by atoms with Crippen molar-refractivity contribution < 1.29 is 9.13 Å². The number of aromatic nitrogens is 4. The number of nitrogens with zero attached hydrogens (tertiary/aromatic N) is 6. The van der Waals surface area contributed by atoms with Crippen molar-refractivity contribution in [2.45, 2.75) is 25.4 Å². The Morgan fingerprint density at radius 2 is 1.89 bits per heavy atom. The van der Waals surface area contributed by atoms with E-state index in [4.69, 9.17) is 15.5 Å². The molecule has 2 aromatic heterocycles. The van der Waals surface area contributed by atoms with Gasteiger partial charge in [-0.25, -0.2) is 19.3 Å². The number of hydrogen-bond acceptors (Lipinski definition) is 7. The van der Waals surface area contributed by atoms with Gasteiger partial charge in [0, 0.05) is 50.4 Å². The molecule has 0 unspecified atom stereocenters. The Balaban J connectivity index is 1.51. The predicted molar refractivity (Wildman–Crippen MR) is 147 cm³/mol. The maximum absolute atomic E-state index is 13.7. The number of rotatable bonds is 10. The van der Waals surface area contributed by atoms with Crippen molar-refractivity contribution in [1.82, 2.24) is 29.3 Å². The van der Waals surface area contributed by atoms with Crippen molar-refractivity contribution in [3.05, 3.63) is 78.0 Å². The Morgan fingerprint density at radius 3 is 2.63 bits per heavy atom. The van der Waals surface area contributed by atoms with Crippen LogP contribution >= 0.6 is 0 Å². The summed E-state index contributed by atoms with van der Waals surface area (Å²) in [6.45, 7) is 3.53. The second kappa shape index (κ2) is 11.3. The van der Waals surface area contributed by atoms with Crippen LogP contribution < -0.4 is 10.5 Å². The molecule has 0 spiro atoms. The maximum Gasteiger partial charge on any atom is 0.220 e. The lowest BCUT2D eigenvalue weighted by Crippen LogP contribution is -2.35. The van der Waals surface area contributed by atoms with E-state index in [-0.39, 0.29) is 17.8 Å². The van der Waals surface area contributed by atoms with Gasteiger partial charge in [0.2, 0.25) is 5.95 Å². The van der Waals surface area contributed by atoms with Gasteiger partial charge in [0.25, 0.3) is 0 Å². The summed E-state index contributed by atoms with van der Waals surface area (Å²) in [5.41, 5.74) is 10.5. The predicted octanol–water partition coefficient (Wildman–Crippen LogP) is 4.29. The number of anilines is 1. The summed E-state index contributed by atoms with van der Waals surface area (Å²) < 4.78 is 21.5. The molecule has 198 valence electrons. The van der Waals surface area contributed by atoms with Crippen molar-refractivity contribution in [3.8, 4) is 28.4 Å². The van der Waals surface area contributed by atoms with E-state index in [1.807, 2.05) is 18.2 Å². The van der Waals surface area contributed by atoms with Crippen LogP contribution in [0.15, 0.2) is 60.8 Å². The van der Waals surface area contributed by atoms with Crippen LogP contribution in [-0.4, -0.2) is 70.2 Å². The average molecular weight is 516 g/mol. The lowest BCUT2D eigenvalue weighted by atomic mass is 10.1. The molecule has 5 rings (SSSR count). The van der Waals surface area contributed by atoms with E-state index < -0.39 is 0 Å². The van der Waals surface area contributed by atoms with Crippen molar-refractivity contribution in [3.63, 3.8) is 0 Å². The molecular weight excluding hydrogens is 481 g/mol. The molecule has 0 bridgehead atoms. The number of benzene rings is 2. The lowest BCUT2D eigenvalue weighted by Gasteiger charge is -2.28. The normalized spacial score (nSPS) is 14.8. The summed E-state index contributed by atoms with van der Waals surface area (Å²) in [7, 11) is 5.89. The molecule has 4 aromatic rings. The fourth-order valence-electron chi connectivity index (χ4n) is 5.11. The molecule has 3 heterocycles. The molecule has 9 heteroatoms. The van der Waals surface area contributed by atoms with Crippen LogP contribution in [0.1, 0.15) is 23.9 Å². The monoisotopic (exact) mass is 515 g/mol. The van der Waals surface area contributed by atoms with Gasteiger partial charge in [-0.2, -0.15) is 0 Å². The van der Waals surface area contributed by atoms with Crippen molar-refractivity contribution in [2.24, 2.45) is 0 Å². The molecule has 0 saturated heterocycles. The first-order valence-corrected chi connectivity index (χ1v) is 12.9. The molecule has 0 fully saturated rings. The van der Waals surface area contributed by atoms with E-state index in [2.05, 4.69) is 50.6 Å². The Kier molecular flexibility index (Phi) is 7.67. The van der Waals surface area contributed by atoms with Gasteiger partial charge >= 0.3 is 0 Å². The van der Waals surface area contributed by atoms with Crippen molar-refractivity contribution in [1.29, 1.82) is 0 Å². The van der Waals surface area contributed by atoms with Crippen LogP contribution in [0.25, 0.3) is 22.6 Å². The lowest BCUT2D eigenvalue weighted by molar-refractivity contribution is 0.204. The van der Waals surface area contributed by atoms with Gasteiger partial charge in [-0.05, 0) is 68.5 Å². The number of likely N-dealkylation sites (N-methyl/N-ethyl adjacent to an activating group) is 1. The van der Waals surface area contributed by atoms with Gasteiger partial charge in [0.1, 0.15) is 17.4 Å². The quantitative estimate of drug-likeness (QED) is 0.337. The summed E-state index contributed by atoms with van der Waals surface area (Å²) in [6, 6.07) is 16.8. The zero-order chi connectivity index (χ0) is 26.6. The number of ether oxygens (including phenoxy) is 1.